The molecule has 0 amide bonds. The summed E-state index contributed by atoms with van der Waals surface area (Å²) in [5.41, 5.74) is 2.10. The summed E-state index contributed by atoms with van der Waals surface area (Å²) in [5, 5.41) is 10.2. The van der Waals surface area contributed by atoms with E-state index in [0.29, 0.717) is 19.5 Å². The molecule has 0 aliphatic carbocycles. The quantitative estimate of drug-likeness (QED) is 0.408. The number of aromatic nitrogens is 2. The summed E-state index contributed by atoms with van der Waals surface area (Å²) >= 11 is 6.81. The molecule has 4 rings (SSSR count). The third-order valence-electron chi connectivity index (χ3n) is 3.49. The maximum Gasteiger partial charge on any atom is 0.274 e. The third-order valence-corrected chi connectivity index (χ3v) is 5.69. The van der Waals surface area contributed by atoms with E-state index in [1.54, 1.807) is 10.5 Å². The molecule has 0 saturated heterocycles. The lowest BCUT2D eigenvalue weighted by atomic mass is 10.2. The minimum Gasteiger partial charge on any atom is -0.506 e. The van der Waals surface area contributed by atoms with Crippen LogP contribution in [0.4, 0.5) is 0 Å². The Morgan fingerprint density at radius 2 is 2.09 bits per heavy atom. The number of aromatic hydroxyl groups is 1. The Morgan fingerprint density at radius 1 is 1.30 bits per heavy atom. The predicted octanol–water partition coefficient (Wildman–Crippen LogP) is 3.53. The van der Waals surface area contributed by atoms with Crippen LogP contribution in [-0.2, 0) is 0 Å². The van der Waals surface area contributed by atoms with Crippen LogP contribution < -0.4 is 10.1 Å². The number of thiazole rings is 1. The van der Waals surface area contributed by atoms with Crippen LogP contribution >= 0.6 is 49.9 Å². The van der Waals surface area contributed by atoms with Crippen LogP contribution in [-0.4, -0.2) is 14.5 Å². The van der Waals surface area contributed by atoms with Gasteiger partial charge in [-0.15, -0.1) is 0 Å². The molecule has 4 nitrogen and oxygen atoms in total. The smallest absolute Gasteiger partial charge is 0.274 e. The van der Waals surface area contributed by atoms with Gasteiger partial charge in [0.05, 0.1) is 20.0 Å². The van der Waals surface area contributed by atoms with Gasteiger partial charge in [-0.3, -0.25) is 4.79 Å². The average molecular weight is 499 g/mol. The Hall–Kier alpha value is -1.45. The number of fused-ring (bicyclic) bond motifs is 3. The molecule has 0 unspecified atom stereocenters. The molecule has 0 atom stereocenters. The van der Waals surface area contributed by atoms with E-state index in [4.69, 9.17) is 0 Å². The zero-order valence-electron chi connectivity index (χ0n) is 11.5. The Labute approximate surface area is 156 Å². The van der Waals surface area contributed by atoms with Crippen LogP contribution in [0, 0.1) is 3.57 Å². The maximum absolute atomic E-state index is 12.7. The van der Waals surface area contributed by atoms with E-state index in [-0.39, 0.29) is 11.3 Å². The largest absolute Gasteiger partial charge is 0.506 e. The second-order valence-corrected chi connectivity index (χ2v) is 8.07. The summed E-state index contributed by atoms with van der Waals surface area (Å²) in [4.78, 5) is 17.8. The summed E-state index contributed by atoms with van der Waals surface area (Å²) in [6.45, 7) is 0. The van der Waals surface area contributed by atoms with E-state index in [0.717, 1.165) is 14.6 Å². The van der Waals surface area contributed by atoms with E-state index in [2.05, 4.69) is 43.5 Å². The van der Waals surface area contributed by atoms with Crippen molar-refractivity contribution in [2.24, 2.45) is 0 Å². The van der Waals surface area contributed by atoms with E-state index >= 15 is 0 Å². The summed E-state index contributed by atoms with van der Waals surface area (Å²) in [6.07, 6.45) is 1.71. The number of hydrogen-bond acceptors (Lipinski definition) is 4. The monoisotopic (exact) mass is 498 g/mol. The van der Waals surface area contributed by atoms with E-state index < -0.39 is 0 Å². The molecule has 0 fully saturated rings. The molecule has 2 aromatic carbocycles. The molecule has 2 aromatic heterocycles. The lowest BCUT2D eigenvalue weighted by Crippen LogP contribution is -2.22. The number of nitrogens with zero attached hydrogens (tertiary/aromatic N) is 2. The van der Waals surface area contributed by atoms with Crippen molar-refractivity contribution >= 4 is 71.9 Å². The maximum atomic E-state index is 12.7. The first kappa shape index (κ1) is 15.1. The van der Waals surface area contributed by atoms with Gasteiger partial charge in [0.15, 0.2) is 4.96 Å². The predicted molar refractivity (Wildman–Crippen MR) is 104 cm³/mol. The molecular formula is C16H8BrIN2O2S. The Bertz CT molecular complexity index is 1180. The highest BCUT2D eigenvalue weighted by atomic mass is 127. The number of imidazole rings is 1. The molecule has 4 aromatic rings. The van der Waals surface area contributed by atoms with Crippen LogP contribution in [0.3, 0.4) is 0 Å². The highest BCUT2D eigenvalue weighted by Crippen LogP contribution is 2.30. The molecule has 0 saturated carbocycles. The average Bonchev–Trinajstić information content (AvgIpc) is 3.01. The Kier molecular flexibility index (Phi) is 3.66. The fourth-order valence-electron chi connectivity index (χ4n) is 2.45. The highest BCUT2D eigenvalue weighted by molar-refractivity contribution is 14.1. The fraction of sp³-hybridized carbons (Fsp3) is 0. The molecule has 2 heterocycles. The highest BCUT2D eigenvalue weighted by Gasteiger charge is 2.12. The van der Waals surface area contributed by atoms with Gasteiger partial charge < -0.3 is 5.11 Å². The number of rotatable bonds is 1. The van der Waals surface area contributed by atoms with Gasteiger partial charge in [0, 0.05) is 9.13 Å². The van der Waals surface area contributed by atoms with Gasteiger partial charge in [-0.1, -0.05) is 23.5 Å². The van der Waals surface area contributed by atoms with Crippen LogP contribution in [0.25, 0.3) is 22.1 Å². The van der Waals surface area contributed by atoms with Crippen molar-refractivity contribution in [3.63, 3.8) is 0 Å². The molecular weight excluding hydrogens is 491 g/mol. The first-order chi connectivity index (χ1) is 11.0. The standard InChI is InChI=1S/C16H8BrIN2O2S/c17-10-7-9(18)5-8(14(10)21)6-13-15(22)20-12-4-2-1-3-11(12)19-16(20)23-13/h1-7,21H/b13-6-. The van der Waals surface area contributed by atoms with Gasteiger partial charge in [0.2, 0.25) is 0 Å². The zero-order valence-corrected chi connectivity index (χ0v) is 16.0. The second kappa shape index (κ2) is 5.57. The summed E-state index contributed by atoms with van der Waals surface area (Å²) in [7, 11) is 0. The number of phenolic OH excluding ortho intramolecular Hbond substituents is 1. The van der Waals surface area contributed by atoms with Gasteiger partial charge in [-0.25, -0.2) is 9.38 Å². The molecule has 7 heteroatoms. The molecule has 0 radical (unpaired) electrons. The minimum absolute atomic E-state index is 0.118. The van der Waals surface area contributed by atoms with Crippen molar-refractivity contribution in [1.29, 1.82) is 0 Å². The van der Waals surface area contributed by atoms with Crippen LogP contribution in [0.15, 0.2) is 45.7 Å². The Morgan fingerprint density at radius 3 is 2.91 bits per heavy atom. The lowest BCUT2D eigenvalue weighted by molar-refractivity contribution is 0.470. The van der Waals surface area contributed by atoms with Gasteiger partial charge in [0.25, 0.3) is 5.56 Å². The lowest BCUT2D eigenvalue weighted by Gasteiger charge is -2.02. The van der Waals surface area contributed by atoms with Gasteiger partial charge in [0.1, 0.15) is 5.75 Å². The van der Waals surface area contributed by atoms with Crippen molar-refractivity contribution in [3.05, 3.63) is 64.9 Å². The molecule has 0 aliphatic heterocycles. The molecule has 1 N–H and O–H groups in total. The SMILES string of the molecule is O=c1/c(=C/c2cc(I)cc(Br)c2O)sc2nc3ccccc3n12. The van der Waals surface area contributed by atoms with Crippen molar-refractivity contribution in [2.75, 3.05) is 0 Å². The summed E-state index contributed by atoms with van der Waals surface area (Å²) in [5.74, 6) is 0.126. The van der Waals surface area contributed by atoms with Crippen LogP contribution in [0.2, 0.25) is 0 Å². The second-order valence-electron chi connectivity index (χ2n) is 4.96. The molecule has 0 bridgehead atoms. The van der Waals surface area contributed by atoms with Crippen molar-refractivity contribution in [1.82, 2.24) is 9.38 Å². The van der Waals surface area contributed by atoms with E-state index in [1.165, 1.54) is 11.3 Å². The summed E-state index contributed by atoms with van der Waals surface area (Å²) in [6, 6.07) is 11.2. The number of benzene rings is 2. The first-order valence-corrected chi connectivity index (χ1v) is 9.33. The van der Waals surface area contributed by atoms with Crippen molar-refractivity contribution in [2.45, 2.75) is 0 Å². The number of phenols is 1. The van der Waals surface area contributed by atoms with Crippen molar-refractivity contribution in [3.8, 4) is 5.75 Å². The van der Waals surface area contributed by atoms with Gasteiger partial charge in [-0.2, -0.15) is 0 Å². The summed E-state index contributed by atoms with van der Waals surface area (Å²) < 4.78 is 3.74. The van der Waals surface area contributed by atoms with E-state index in [9.17, 15) is 9.90 Å². The van der Waals surface area contributed by atoms with Crippen molar-refractivity contribution < 1.29 is 5.11 Å². The fourth-order valence-corrected chi connectivity index (χ4v) is 4.98. The first-order valence-electron chi connectivity index (χ1n) is 6.64. The molecule has 0 aliphatic rings. The normalized spacial score (nSPS) is 12.5. The number of halogens is 2. The molecule has 23 heavy (non-hydrogen) atoms. The minimum atomic E-state index is -0.118. The zero-order chi connectivity index (χ0) is 16.1. The van der Waals surface area contributed by atoms with Gasteiger partial charge in [-0.05, 0) is 68.9 Å². The topological polar surface area (TPSA) is 54.6 Å². The molecule has 114 valence electrons. The third kappa shape index (κ3) is 2.47. The number of para-hydroxylation sites is 2. The number of hydrogen-bond donors (Lipinski definition) is 1. The van der Waals surface area contributed by atoms with Crippen LogP contribution in [0.1, 0.15) is 5.56 Å². The Balaban J connectivity index is 2.04. The van der Waals surface area contributed by atoms with E-state index in [1.807, 2.05) is 36.4 Å². The molecule has 0 spiro atoms. The van der Waals surface area contributed by atoms with Crippen LogP contribution in [0.5, 0.6) is 5.75 Å². The van der Waals surface area contributed by atoms with Gasteiger partial charge >= 0.3 is 0 Å².